The van der Waals surface area contributed by atoms with Crippen molar-refractivity contribution in [2.75, 3.05) is 18.0 Å². The van der Waals surface area contributed by atoms with E-state index in [2.05, 4.69) is 28.4 Å². The molecule has 3 heteroatoms. The number of anilines is 1. The van der Waals surface area contributed by atoms with Gasteiger partial charge in [-0.25, -0.2) is 0 Å². The molecule has 1 aliphatic heterocycles. The van der Waals surface area contributed by atoms with Crippen LogP contribution in [0.4, 0.5) is 5.69 Å². The Kier molecular flexibility index (Phi) is 3.81. The number of nitrogens with one attached hydrogen (secondary N) is 1. The van der Waals surface area contributed by atoms with Crippen molar-refractivity contribution < 1.29 is 4.79 Å². The highest BCUT2D eigenvalue weighted by atomic mass is 16.1. The number of piperidine rings is 1. The highest BCUT2D eigenvalue weighted by Gasteiger charge is 2.10. The van der Waals surface area contributed by atoms with E-state index in [0.717, 1.165) is 25.1 Å². The number of hydrogen-bond acceptors (Lipinski definition) is 2. The molecular weight excluding hydrogens is 200 g/mol. The Morgan fingerprint density at radius 2 is 2.06 bits per heavy atom. The lowest BCUT2D eigenvalue weighted by atomic mass is 10.1. The van der Waals surface area contributed by atoms with Gasteiger partial charge in [0.1, 0.15) is 0 Å². The van der Waals surface area contributed by atoms with Crippen LogP contribution in [0.3, 0.4) is 0 Å². The summed E-state index contributed by atoms with van der Waals surface area (Å²) in [6.07, 6.45) is 4.67. The zero-order valence-electron chi connectivity index (χ0n) is 9.48. The summed E-state index contributed by atoms with van der Waals surface area (Å²) in [5.74, 6) is 0. The molecule has 0 aromatic heterocycles. The van der Waals surface area contributed by atoms with Crippen LogP contribution in [0.2, 0.25) is 0 Å². The molecule has 0 atom stereocenters. The highest BCUT2D eigenvalue weighted by Crippen LogP contribution is 2.20. The fourth-order valence-corrected chi connectivity index (χ4v) is 2.17. The van der Waals surface area contributed by atoms with Crippen molar-refractivity contribution in [3.8, 4) is 0 Å². The average Bonchev–Trinajstić information content (AvgIpc) is 2.38. The van der Waals surface area contributed by atoms with Gasteiger partial charge in [-0.1, -0.05) is 12.1 Å². The van der Waals surface area contributed by atoms with Gasteiger partial charge in [-0.2, -0.15) is 0 Å². The van der Waals surface area contributed by atoms with Crippen LogP contribution in [-0.4, -0.2) is 19.5 Å². The Hall–Kier alpha value is -1.51. The molecule has 1 aliphatic rings. The molecule has 1 aromatic carbocycles. The normalized spacial score (nSPS) is 15.9. The van der Waals surface area contributed by atoms with Gasteiger partial charge in [-0.3, -0.25) is 4.79 Å². The Labute approximate surface area is 96.5 Å². The molecule has 2 rings (SSSR count). The van der Waals surface area contributed by atoms with Gasteiger partial charge in [0.15, 0.2) is 0 Å². The van der Waals surface area contributed by atoms with Gasteiger partial charge in [0, 0.05) is 25.3 Å². The molecule has 3 nitrogen and oxygen atoms in total. The lowest BCUT2D eigenvalue weighted by Crippen LogP contribution is -2.29. The maximum absolute atomic E-state index is 10.2. The summed E-state index contributed by atoms with van der Waals surface area (Å²) in [7, 11) is 0. The minimum absolute atomic E-state index is 0.616. The first-order chi connectivity index (χ1) is 7.90. The molecule has 86 valence electrons. The van der Waals surface area contributed by atoms with E-state index in [1.807, 2.05) is 6.07 Å². The third kappa shape index (κ3) is 2.75. The van der Waals surface area contributed by atoms with Gasteiger partial charge in [-0.15, -0.1) is 0 Å². The van der Waals surface area contributed by atoms with E-state index in [-0.39, 0.29) is 0 Å². The smallest absolute Gasteiger partial charge is 0.207 e. The highest BCUT2D eigenvalue weighted by molar-refractivity contribution is 5.50. The number of carbonyl (C=O) groups excluding carboxylic acids is 1. The molecule has 1 aromatic rings. The van der Waals surface area contributed by atoms with Crippen molar-refractivity contribution in [1.29, 1.82) is 0 Å². The Morgan fingerprint density at radius 3 is 2.81 bits per heavy atom. The predicted octanol–water partition coefficient (Wildman–Crippen LogP) is 1.92. The molecule has 0 radical (unpaired) electrons. The molecule has 0 saturated carbocycles. The summed E-state index contributed by atoms with van der Waals surface area (Å²) in [6, 6.07) is 8.42. The van der Waals surface area contributed by atoms with Crippen LogP contribution in [0, 0.1) is 0 Å². The monoisotopic (exact) mass is 218 g/mol. The Morgan fingerprint density at radius 1 is 1.25 bits per heavy atom. The standard InChI is InChI=1S/C13H18N2O/c16-11-14-10-12-5-4-6-13(9-12)15-7-2-1-3-8-15/h4-6,9,11H,1-3,7-8,10H2,(H,14,16). The maximum atomic E-state index is 10.2. The van der Waals surface area contributed by atoms with E-state index in [1.54, 1.807) is 0 Å². The molecule has 1 heterocycles. The van der Waals surface area contributed by atoms with Crippen LogP contribution in [-0.2, 0) is 11.3 Å². The van der Waals surface area contributed by atoms with Crippen LogP contribution in [0.1, 0.15) is 24.8 Å². The van der Waals surface area contributed by atoms with E-state index in [9.17, 15) is 4.79 Å². The second kappa shape index (κ2) is 5.54. The first-order valence-electron chi connectivity index (χ1n) is 5.91. The molecule has 1 amide bonds. The summed E-state index contributed by atoms with van der Waals surface area (Å²) in [5.41, 5.74) is 2.44. The van der Waals surface area contributed by atoms with E-state index in [4.69, 9.17) is 0 Å². The molecule has 0 unspecified atom stereocenters. The average molecular weight is 218 g/mol. The van der Waals surface area contributed by atoms with Gasteiger partial charge in [-0.05, 0) is 37.0 Å². The molecule has 0 aliphatic carbocycles. The number of rotatable bonds is 4. The molecule has 16 heavy (non-hydrogen) atoms. The van der Waals surface area contributed by atoms with Crippen molar-refractivity contribution in [3.05, 3.63) is 29.8 Å². The third-order valence-electron chi connectivity index (χ3n) is 3.02. The van der Waals surface area contributed by atoms with Crippen molar-refractivity contribution in [2.24, 2.45) is 0 Å². The molecule has 1 N–H and O–H groups in total. The predicted molar refractivity (Wildman–Crippen MR) is 65.4 cm³/mol. The van der Waals surface area contributed by atoms with Crippen LogP contribution >= 0.6 is 0 Å². The fraction of sp³-hybridized carbons (Fsp3) is 0.462. The van der Waals surface area contributed by atoms with Gasteiger partial charge >= 0.3 is 0 Å². The zero-order chi connectivity index (χ0) is 11.2. The number of hydrogen-bond donors (Lipinski definition) is 1. The van der Waals surface area contributed by atoms with Gasteiger partial charge in [0.2, 0.25) is 6.41 Å². The van der Waals surface area contributed by atoms with Crippen molar-refractivity contribution >= 4 is 12.1 Å². The number of nitrogens with zero attached hydrogens (tertiary/aromatic N) is 1. The van der Waals surface area contributed by atoms with E-state index in [1.165, 1.54) is 24.9 Å². The van der Waals surface area contributed by atoms with Crippen molar-refractivity contribution in [1.82, 2.24) is 5.32 Å². The van der Waals surface area contributed by atoms with E-state index in [0.29, 0.717) is 6.54 Å². The van der Waals surface area contributed by atoms with Gasteiger partial charge < -0.3 is 10.2 Å². The number of carbonyl (C=O) groups is 1. The SMILES string of the molecule is O=CNCc1cccc(N2CCCCC2)c1. The summed E-state index contributed by atoms with van der Waals surface area (Å²) in [5, 5.41) is 2.70. The topological polar surface area (TPSA) is 32.3 Å². The quantitative estimate of drug-likeness (QED) is 0.783. The van der Waals surface area contributed by atoms with Crippen LogP contribution in [0.15, 0.2) is 24.3 Å². The fourth-order valence-electron chi connectivity index (χ4n) is 2.17. The first kappa shape index (κ1) is 11.0. The Bertz CT molecular complexity index is 346. The van der Waals surface area contributed by atoms with Gasteiger partial charge in [0.05, 0.1) is 0 Å². The summed E-state index contributed by atoms with van der Waals surface area (Å²) in [6.45, 7) is 2.93. The van der Waals surface area contributed by atoms with Crippen LogP contribution < -0.4 is 10.2 Å². The largest absolute Gasteiger partial charge is 0.372 e. The molecule has 0 spiro atoms. The third-order valence-corrected chi connectivity index (χ3v) is 3.02. The first-order valence-corrected chi connectivity index (χ1v) is 5.91. The second-order valence-electron chi connectivity index (χ2n) is 4.22. The molecular formula is C13H18N2O. The summed E-state index contributed by atoms with van der Waals surface area (Å²) >= 11 is 0. The van der Waals surface area contributed by atoms with Crippen LogP contribution in [0.5, 0.6) is 0 Å². The minimum atomic E-state index is 0.616. The maximum Gasteiger partial charge on any atom is 0.207 e. The Balaban J connectivity index is 2.05. The van der Waals surface area contributed by atoms with Crippen molar-refractivity contribution in [3.63, 3.8) is 0 Å². The molecule has 0 bridgehead atoms. The molecule has 1 fully saturated rings. The number of benzene rings is 1. The van der Waals surface area contributed by atoms with Gasteiger partial charge in [0.25, 0.3) is 0 Å². The van der Waals surface area contributed by atoms with Crippen LogP contribution in [0.25, 0.3) is 0 Å². The zero-order valence-corrected chi connectivity index (χ0v) is 9.48. The summed E-state index contributed by atoms with van der Waals surface area (Å²) < 4.78 is 0. The van der Waals surface area contributed by atoms with E-state index >= 15 is 0 Å². The van der Waals surface area contributed by atoms with Crippen molar-refractivity contribution in [2.45, 2.75) is 25.8 Å². The number of amides is 1. The minimum Gasteiger partial charge on any atom is -0.372 e. The lowest BCUT2D eigenvalue weighted by Gasteiger charge is -2.29. The lowest BCUT2D eigenvalue weighted by molar-refractivity contribution is -0.109. The molecule has 1 saturated heterocycles. The van der Waals surface area contributed by atoms with E-state index < -0.39 is 0 Å². The summed E-state index contributed by atoms with van der Waals surface area (Å²) in [4.78, 5) is 12.7. The second-order valence-corrected chi connectivity index (χ2v) is 4.22.